The molecule has 1 nitrogen and oxygen atoms in total. The molecule has 1 heteroatoms. The predicted octanol–water partition coefficient (Wildman–Crippen LogP) is 5.54. The first-order valence-electron chi connectivity index (χ1n) is 9.55. The minimum atomic E-state index is 0.267. The van der Waals surface area contributed by atoms with Gasteiger partial charge in [-0.3, -0.25) is 0 Å². The molecule has 22 heavy (non-hydrogen) atoms. The number of aldehydes is 1. The molecule has 0 aliphatic heterocycles. The summed E-state index contributed by atoms with van der Waals surface area (Å²) in [5.41, 5.74) is 2.90. The Balaban J connectivity index is 1.71. The van der Waals surface area contributed by atoms with Gasteiger partial charge in [-0.2, -0.15) is 0 Å². The Hall–Kier alpha value is -0.590. The maximum Gasteiger partial charge on any atom is 0.120 e. The monoisotopic (exact) mass is 300 g/mol. The second kappa shape index (κ2) is 4.71. The van der Waals surface area contributed by atoms with Crippen molar-refractivity contribution < 1.29 is 4.79 Å². The van der Waals surface area contributed by atoms with Crippen LogP contribution in [0.25, 0.3) is 0 Å². The Morgan fingerprint density at radius 2 is 1.95 bits per heavy atom. The van der Waals surface area contributed by atoms with Gasteiger partial charge in [0, 0.05) is 6.42 Å². The van der Waals surface area contributed by atoms with Gasteiger partial charge in [0.25, 0.3) is 0 Å². The van der Waals surface area contributed by atoms with E-state index in [-0.39, 0.29) is 5.41 Å². The maximum atomic E-state index is 11.3. The van der Waals surface area contributed by atoms with Crippen LogP contribution in [0.15, 0.2) is 12.2 Å². The molecule has 4 saturated carbocycles. The fourth-order valence-electron chi connectivity index (χ4n) is 7.92. The van der Waals surface area contributed by atoms with E-state index in [1.807, 2.05) is 0 Å². The molecule has 0 unspecified atom stereocenters. The van der Waals surface area contributed by atoms with Gasteiger partial charge in [0.05, 0.1) is 0 Å². The molecule has 0 radical (unpaired) electrons. The van der Waals surface area contributed by atoms with Crippen LogP contribution in [0, 0.1) is 34.0 Å². The van der Waals surface area contributed by atoms with E-state index in [0.29, 0.717) is 10.8 Å². The van der Waals surface area contributed by atoms with Crippen molar-refractivity contribution in [2.24, 2.45) is 34.0 Å². The van der Waals surface area contributed by atoms with E-state index in [1.165, 1.54) is 64.1 Å². The lowest BCUT2D eigenvalue weighted by Crippen LogP contribution is -2.56. The number of hydrogen-bond acceptors (Lipinski definition) is 1. The zero-order valence-corrected chi connectivity index (χ0v) is 14.5. The van der Waals surface area contributed by atoms with E-state index in [0.717, 1.165) is 24.2 Å². The first-order chi connectivity index (χ1) is 10.4. The highest BCUT2D eigenvalue weighted by Crippen LogP contribution is 2.72. The predicted molar refractivity (Wildman–Crippen MR) is 90.5 cm³/mol. The third-order valence-corrected chi connectivity index (χ3v) is 8.73. The van der Waals surface area contributed by atoms with E-state index < -0.39 is 0 Å². The molecule has 4 aliphatic rings. The molecule has 0 aromatic rings. The van der Waals surface area contributed by atoms with Crippen LogP contribution in [0.1, 0.15) is 78.1 Å². The maximum absolute atomic E-state index is 11.3. The lowest BCUT2D eigenvalue weighted by atomic mass is 9.40. The van der Waals surface area contributed by atoms with E-state index in [4.69, 9.17) is 0 Å². The van der Waals surface area contributed by atoms with Gasteiger partial charge >= 0.3 is 0 Å². The lowest BCUT2D eigenvalue weighted by Gasteiger charge is -2.64. The van der Waals surface area contributed by atoms with Crippen LogP contribution < -0.4 is 0 Å². The number of fused-ring (bicyclic) bond motifs is 3. The quantitative estimate of drug-likeness (QED) is 0.483. The van der Waals surface area contributed by atoms with Crippen LogP contribution in [-0.4, -0.2) is 6.29 Å². The summed E-state index contributed by atoms with van der Waals surface area (Å²) in [6, 6.07) is 0. The summed E-state index contributed by atoms with van der Waals surface area (Å²) in [6.45, 7) is 9.44. The summed E-state index contributed by atoms with van der Waals surface area (Å²) in [4.78, 5) is 11.3. The molecule has 2 bridgehead atoms. The highest BCUT2D eigenvalue weighted by atomic mass is 16.1. The molecule has 0 aromatic carbocycles. The number of hydrogen-bond donors (Lipinski definition) is 0. The molecule has 122 valence electrons. The molecule has 0 heterocycles. The summed E-state index contributed by atoms with van der Waals surface area (Å²) in [5.74, 6) is 2.49. The van der Waals surface area contributed by atoms with Gasteiger partial charge in [0.2, 0.25) is 0 Å². The molecule has 0 saturated heterocycles. The fraction of sp³-hybridized carbons (Fsp3) is 0.857. The highest BCUT2D eigenvalue weighted by molar-refractivity contribution is 5.51. The van der Waals surface area contributed by atoms with Gasteiger partial charge in [-0.25, -0.2) is 0 Å². The van der Waals surface area contributed by atoms with Crippen LogP contribution in [0.2, 0.25) is 0 Å². The minimum absolute atomic E-state index is 0.267. The van der Waals surface area contributed by atoms with Crippen molar-refractivity contribution in [3.63, 3.8) is 0 Å². The number of carbonyl (C=O) groups excluding carboxylic acids is 1. The smallest absolute Gasteiger partial charge is 0.120 e. The number of carbonyl (C=O) groups is 1. The fourth-order valence-corrected chi connectivity index (χ4v) is 7.92. The van der Waals surface area contributed by atoms with Crippen LogP contribution >= 0.6 is 0 Å². The van der Waals surface area contributed by atoms with Gasteiger partial charge < -0.3 is 4.79 Å². The van der Waals surface area contributed by atoms with Crippen molar-refractivity contribution in [2.45, 2.75) is 78.1 Å². The Morgan fingerprint density at radius 3 is 2.73 bits per heavy atom. The standard InChI is InChI=1S/C21H32O/c1-15-13-21-10-7-17-19(2,11-12-22)8-4-9-20(17,3)18(21)6-5-16(15)14-21/h12,16-18H,1,4-11,13-14H2,2-3H3/t16-,17-,18+,19+,20-,21-/m1/s1. The summed E-state index contributed by atoms with van der Waals surface area (Å²) in [6.07, 6.45) is 14.3. The first kappa shape index (κ1) is 15.0. The van der Waals surface area contributed by atoms with E-state index in [1.54, 1.807) is 5.57 Å². The van der Waals surface area contributed by atoms with Crippen LogP contribution in [0.5, 0.6) is 0 Å². The molecular formula is C21H32O. The van der Waals surface area contributed by atoms with Crippen molar-refractivity contribution in [3.8, 4) is 0 Å². The first-order valence-corrected chi connectivity index (χ1v) is 9.55. The minimum Gasteiger partial charge on any atom is -0.303 e. The molecule has 4 rings (SSSR count). The number of rotatable bonds is 2. The molecule has 1 spiro atoms. The molecule has 4 aliphatic carbocycles. The second-order valence-electron chi connectivity index (χ2n) is 9.70. The Labute approximate surface area is 135 Å². The van der Waals surface area contributed by atoms with Crippen molar-refractivity contribution in [3.05, 3.63) is 12.2 Å². The lowest BCUT2D eigenvalue weighted by molar-refractivity contribution is -0.152. The third-order valence-electron chi connectivity index (χ3n) is 8.73. The van der Waals surface area contributed by atoms with Crippen molar-refractivity contribution in [1.29, 1.82) is 0 Å². The van der Waals surface area contributed by atoms with Gasteiger partial charge in [0.15, 0.2) is 0 Å². The second-order valence-corrected chi connectivity index (χ2v) is 9.70. The molecular weight excluding hydrogens is 268 g/mol. The molecule has 4 fully saturated rings. The van der Waals surface area contributed by atoms with Crippen LogP contribution in [0.3, 0.4) is 0 Å². The summed E-state index contributed by atoms with van der Waals surface area (Å²) < 4.78 is 0. The van der Waals surface area contributed by atoms with Gasteiger partial charge in [0.1, 0.15) is 6.29 Å². The highest BCUT2D eigenvalue weighted by Gasteiger charge is 2.63. The Kier molecular flexibility index (Phi) is 3.20. The molecule has 0 N–H and O–H groups in total. The topological polar surface area (TPSA) is 17.1 Å². The average molecular weight is 300 g/mol. The number of allylic oxidation sites excluding steroid dienone is 1. The van der Waals surface area contributed by atoms with Gasteiger partial charge in [-0.1, -0.05) is 32.4 Å². The van der Waals surface area contributed by atoms with Crippen LogP contribution in [0.4, 0.5) is 0 Å². The molecule has 0 aromatic heterocycles. The van der Waals surface area contributed by atoms with Crippen molar-refractivity contribution in [1.82, 2.24) is 0 Å². The Morgan fingerprint density at radius 1 is 1.14 bits per heavy atom. The SMILES string of the molecule is C=C1C[C@@]23CC[C@@H]4[C@](C)(CC=O)CCC[C@@]4(C)[C@@H]2CC[C@@H]1C3. The van der Waals surface area contributed by atoms with Crippen LogP contribution in [-0.2, 0) is 4.79 Å². The Bertz CT molecular complexity index is 508. The molecule has 6 atom stereocenters. The zero-order valence-electron chi connectivity index (χ0n) is 14.5. The zero-order chi connectivity index (χ0) is 15.6. The normalized spacial score (nSPS) is 53.7. The summed E-state index contributed by atoms with van der Waals surface area (Å²) >= 11 is 0. The van der Waals surface area contributed by atoms with E-state index in [2.05, 4.69) is 20.4 Å². The van der Waals surface area contributed by atoms with Crippen molar-refractivity contribution >= 4 is 6.29 Å². The van der Waals surface area contributed by atoms with E-state index >= 15 is 0 Å². The largest absolute Gasteiger partial charge is 0.303 e. The van der Waals surface area contributed by atoms with Crippen molar-refractivity contribution in [2.75, 3.05) is 0 Å². The van der Waals surface area contributed by atoms with E-state index in [9.17, 15) is 4.79 Å². The van der Waals surface area contributed by atoms with Gasteiger partial charge in [-0.05, 0) is 85.4 Å². The third kappa shape index (κ3) is 1.80. The summed E-state index contributed by atoms with van der Waals surface area (Å²) in [5, 5.41) is 0. The average Bonchev–Trinajstić information content (AvgIpc) is 2.68. The van der Waals surface area contributed by atoms with Gasteiger partial charge in [-0.15, -0.1) is 0 Å². The molecule has 0 amide bonds. The summed E-state index contributed by atoms with van der Waals surface area (Å²) in [7, 11) is 0.